The first-order valence-electron chi connectivity index (χ1n) is 10.2. The monoisotopic (exact) mass is 459 g/mol. The Morgan fingerprint density at radius 1 is 1.13 bits per heavy atom. The quantitative estimate of drug-likeness (QED) is 0.676. The zero-order valence-corrected chi connectivity index (χ0v) is 18.6. The van der Waals surface area contributed by atoms with Crippen LogP contribution in [0.3, 0.4) is 0 Å². The molecule has 30 heavy (non-hydrogen) atoms. The minimum absolute atomic E-state index is 0.0571. The van der Waals surface area contributed by atoms with Gasteiger partial charge in [0, 0.05) is 39.3 Å². The van der Waals surface area contributed by atoms with Crippen molar-refractivity contribution in [1.82, 2.24) is 14.1 Å². The van der Waals surface area contributed by atoms with Gasteiger partial charge in [0.25, 0.3) is 5.91 Å². The molecule has 1 atom stereocenters. The molecular weight excluding hydrogens is 433 g/mol. The summed E-state index contributed by atoms with van der Waals surface area (Å²) in [5.41, 5.74) is 0.238. The molecule has 1 unspecified atom stereocenters. The third-order valence-electron chi connectivity index (χ3n) is 5.63. The fraction of sp³-hybridized carbons (Fsp3) is 0.600. The van der Waals surface area contributed by atoms with Gasteiger partial charge in [0.05, 0.1) is 22.3 Å². The topological polar surface area (TPSA) is 78.0 Å². The van der Waals surface area contributed by atoms with E-state index in [1.807, 2.05) is 6.92 Å². The van der Waals surface area contributed by atoms with E-state index in [4.69, 9.17) is 11.6 Å². The lowest BCUT2D eigenvalue weighted by molar-refractivity contribution is -0.138. The summed E-state index contributed by atoms with van der Waals surface area (Å²) < 4.78 is 39.4. The largest absolute Gasteiger partial charge is 0.339 e. The Hall–Kier alpha value is -1.71. The van der Waals surface area contributed by atoms with Crippen molar-refractivity contribution >= 4 is 33.4 Å². The minimum Gasteiger partial charge on any atom is -0.339 e. The average Bonchev–Trinajstić information content (AvgIpc) is 2.73. The molecule has 2 aliphatic rings. The second kappa shape index (κ2) is 9.62. The van der Waals surface area contributed by atoms with Crippen molar-refractivity contribution in [2.24, 2.45) is 5.92 Å². The van der Waals surface area contributed by atoms with Gasteiger partial charge in [-0.05, 0) is 37.5 Å². The first-order valence-corrected chi connectivity index (χ1v) is 12.2. The van der Waals surface area contributed by atoms with Crippen molar-refractivity contribution in [1.29, 1.82) is 0 Å². The number of carbonyl (C=O) groups excluding carboxylic acids is 2. The van der Waals surface area contributed by atoms with Crippen LogP contribution < -0.4 is 0 Å². The maximum atomic E-state index is 13.2. The number of nitrogens with zero attached hydrogens (tertiary/aromatic N) is 3. The zero-order valence-electron chi connectivity index (χ0n) is 17.0. The maximum absolute atomic E-state index is 13.2. The molecule has 0 saturated carbocycles. The van der Waals surface area contributed by atoms with E-state index >= 15 is 0 Å². The van der Waals surface area contributed by atoms with Gasteiger partial charge in [0.15, 0.2) is 0 Å². The summed E-state index contributed by atoms with van der Waals surface area (Å²) in [4.78, 5) is 28.9. The zero-order chi connectivity index (χ0) is 21.9. The van der Waals surface area contributed by atoms with Gasteiger partial charge in [-0.3, -0.25) is 9.59 Å². The highest BCUT2D eigenvalue weighted by molar-refractivity contribution is 7.89. The molecule has 166 valence electrons. The Morgan fingerprint density at radius 2 is 1.80 bits per heavy atom. The van der Waals surface area contributed by atoms with Crippen LogP contribution in [-0.4, -0.2) is 79.4 Å². The first kappa shape index (κ1) is 23.0. The third kappa shape index (κ3) is 5.12. The SMILES string of the molecule is CCCS(=O)(=O)N1CCCC(C(=O)N2CCN(C(=O)c3ccc(F)cc3Cl)CC2)C1. The Labute approximate surface area is 181 Å². The second-order valence-corrected chi connectivity index (χ2v) is 10.3. The predicted molar refractivity (Wildman–Crippen MR) is 112 cm³/mol. The Morgan fingerprint density at radius 3 is 2.43 bits per heavy atom. The Balaban J connectivity index is 1.58. The van der Waals surface area contributed by atoms with Crippen LogP contribution in [0.2, 0.25) is 5.02 Å². The van der Waals surface area contributed by atoms with Gasteiger partial charge in [0.2, 0.25) is 15.9 Å². The van der Waals surface area contributed by atoms with Crippen LogP contribution in [0, 0.1) is 11.7 Å². The lowest BCUT2D eigenvalue weighted by Gasteiger charge is -2.38. The normalized spacial score (nSPS) is 21.0. The number of benzene rings is 1. The molecule has 0 spiro atoms. The van der Waals surface area contributed by atoms with Crippen LogP contribution in [0.25, 0.3) is 0 Å². The van der Waals surface area contributed by atoms with Gasteiger partial charge in [-0.15, -0.1) is 0 Å². The number of sulfonamides is 1. The molecule has 2 heterocycles. The summed E-state index contributed by atoms with van der Waals surface area (Å²) in [5.74, 6) is -1.10. The van der Waals surface area contributed by atoms with Crippen molar-refractivity contribution in [3.8, 4) is 0 Å². The molecular formula is C20H27ClFN3O4S. The smallest absolute Gasteiger partial charge is 0.255 e. The third-order valence-corrected chi connectivity index (χ3v) is 7.98. The Bertz CT molecular complexity index is 903. The van der Waals surface area contributed by atoms with Gasteiger partial charge < -0.3 is 9.80 Å². The van der Waals surface area contributed by atoms with Crippen molar-refractivity contribution in [2.45, 2.75) is 26.2 Å². The molecule has 2 saturated heterocycles. The van der Waals surface area contributed by atoms with Gasteiger partial charge in [-0.25, -0.2) is 17.1 Å². The standard InChI is InChI=1S/C20H27ClFN3O4S/c1-2-12-30(28,29)25-7-3-4-15(14-25)19(26)23-8-10-24(11-9-23)20(27)17-6-5-16(22)13-18(17)21/h5-6,13,15H,2-4,7-12,14H2,1H3. The van der Waals surface area contributed by atoms with E-state index in [9.17, 15) is 22.4 Å². The maximum Gasteiger partial charge on any atom is 0.255 e. The summed E-state index contributed by atoms with van der Waals surface area (Å²) >= 11 is 5.99. The van der Waals surface area contributed by atoms with Gasteiger partial charge >= 0.3 is 0 Å². The van der Waals surface area contributed by atoms with Gasteiger partial charge in [-0.2, -0.15) is 0 Å². The summed E-state index contributed by atoms with van der Waals surface area (Å²) in [6, 6.07) is 3.67. The molecule has 0 bridgehead atoms. The number of piperazine rings is 1. The van der Waals surface area contributed by atoms with E-state index in [2.05, 4.69) is 0 Å². The number of rotatable bonds is 5. The lowest BCUT2D eigenvalue weighted by atomic mass is 9.97. The van der Waals surface area contributed by atoms with Crippen LogP contribution in [0.4, 0.5) is 4.39 Å². The molecule has 10 heteroatoms. The molecule has 0 aromatic heterocycles. The number of hydrogen-bond donors (Lipinski definition) is 0. The van der Waals surface area contributed by atoms with Crippen molar-refractivity contribution in [2.75, 3.05) is 45.0 Å². The van der Waals surface area contributed by atoms with Gasteiger partial charge in [-0.1, -0.05) is 18.5 Å². The molecule has 1 aromatic rings. The summed E-state index contributed by atoms with van der Waals surface area (Å²) in [7, 11) is -3.32. The Kier molecular flexibility index (Phi) is 7.36. The highest BCUT2D eigenvalue weighted by atomic mass is 35.5. The molecule has 3 rings (SSSR count). The molecule has 2 amide bonds. The van der Waals surface area contributed by atoms with E-state index in [-0.39, 0.29) is 40.6 Å². The number of amides is 2. The molecule has 0 N–H and O–H groups in total. The number of halogens is 2. The average molecular weight is 460 g/mol. The summed E-state index contributed by atoms with van der Waals surface area (Å²) in [6.45, 7) is 3.97. The molecule has 0 radical (unpaired) electrons. The van der Waals surface area contributed by atoms with Crippen molar-refractivity contribution in [3.05, 3.63) is 34.6 Å². The van der Waals surface area contributed by atoms with Crippen LogP contribution in [-0.2, 0) is 14.8 Å². The van der Waals surface area contributed by atoms with Crippen LogP contribution >= 0.6 is 11.6 Å². The highest BCUT2D eigenvalue weighted by Crippen LogP contribution is 2.24. The summed E-state index contributed by atoms with van der Waals surface area (Å²) in [6.07, 6.45) is 1.88. The van der Waals surface area contributed by atoms with Gasteiger partial charge in [0.1, 0.15) is 5.82 Å². The van der Waals surface area contributed by atoms with E-state index in [1.54, 1.807) is 9.80 Å². The van der Waals surface area contributed by atoms with Crippen molar-refractivity contribution < 1.29 is 22.4 Å². The molecule has 2 aliphatic heterocycles. The first-order chi connectivity index (χ1) is 14.2. The van der Waals surface area contributed by atoms with E-state index in [0.29, 0.717) is 52.0 Å². The van der Waals surface area contributed by atoms with Crippen LogP contribution in [0.5, 0.6) is 0 Å². The molecule has 1 aromatic carbocycles. The van der Waals surface area contributed by atoms with Crippen LogP contribution in [0.15, 0.2) is 18.2 Å². The predicted octanol–water partition coefficient (Wildman–Crippen LogP) is 2.22. The summed E-state index contributed by atoms with van der Waals surface area (Å²) in [5, 5.41) is 0.0640. The minimum atomic E-state index is -3.32. The molecule has 0 aliphatic carbocycles. The number of carbonyl (C=O) groups is 2. The van der Waals surface area contributed by atoms with Crippen LogP contribution in [0.1, 0.15) is 36.5 Å². The molecule has 7 nitrogen and oxygen atoms in total. The fourth-order valence-corrected chi connectivity index (χ4v) is 5.84. The second-order valence-electron chi connectivity index (χ2n) is 7.75. The van der Waals surface area contributed by atoms with E-state index in [1.165, 1.54) is 16.4 Å². The fourth-order valence-electron chi connectivity index (χ4n) is 4.01. The highest BCUT2D eigenvalue weighted by Gasteiger charge is 2.35. The molecule has 2 fully saturated rings. The van der Waals surface area contributed by atoms with E-state index < -0.39 is 15.8 Å². The van der Waals surface area contributed by atoms with Crippen molar-refractivity contribution in [3.63, 3.8) is 0 Å². The number of hydrogen-bond acceptors (Lipinski definition) is 4. The van der Waals surface area contributed by atoms with E-state index in [0.717, 1.165) is 6.07 Å². The number of piperidine rings is 1. The lowest BCUT2D eigenvalue weighted by Crippen LogP contribution is -2.54.